The third-order valence-corrected chi connectivity index (χ3v) is 3.64. The zero-order valence-electron chi connectivity index (χ0n) is 10.6. The molecule has 0 amide bonds. The van der Waals surface area contributed by atoms with Gasteiger partial charge in [0.25, 0.3) is 0 Å². The third-order valence-electron chi connectivity index (χ3n) is 2.66. The van der Waals surface area contributed by atoms with Crippen LogP contribution in [0.25, 0.3) is 11.0 Å². The molecule has 1 aromatic carbocycles. The van der Waals surface area contributed by atoms with E-state index in [4.69, 9.17) is 0 Å². The van der Waals surface area contributed by atoms with Crippen LogP contribution < -0.4 is 0 Å². The van der Waals surface area contributed by atoms with Crippen molar-refractivity contribution in [3.05, 3.63) is 54.2 Å². The largest absolute Gasteiger partial charge is 0.279 e. The average Bonchev–Trinajstić information content (AvgIpc) is 2.49. The van der Waals surface area contributed by atoms with Gasteiger partial charge in [-0.25, -0.2) is 15.0 Å². The topological polar surface area (TPSA) is 68.6 Å². The second kappa shape index (κ2) is 5.34. The predicted octanol–water partition coefficient (Wildman–Crippen LogP) is 2.66. The van der Waals surface area contributed by atoms with Crippen molar-refractivity contribution in [2.45, 2.75) is 11.9 Å². The monoisotopic (exact) mass is 282 g/mol. The molecule has 3 rings (SSSR count). The van der Waals surface area contributed by atoms with Crippen molar-refractivity contribution < 1.29 is 4.79 Å². The van der Waals surface area contributed by atoms with Crippen LogP contribution in [0, 0.1) is 6.92 Å². The van der Waals surface area contributed by atoms with E-state index < -0.39 is 0 Å². The zero-order chi connectivity index (χ0) is 13.9. The van der Waals surface area contributed by atoms with Crippen molar-refractivity contribution in [3.8, 4) is 0 Å². The van der Waals surface area contributed by atoms with Gasteiger partial charge in [-0.3, -0.25) is 9.78 Å². The molecule has 0 unspecified atom stereocenters. The Kier molecular flexibility index (Phi) is 3.39. The number of rotatable bonds is 2. The lowest BCUT2D eigenvalue weighted by Crippen LogP contribution is -2.00. The third kappa shape index (κ3) is 2.50. The van der Waals surface area contributed by atoms with Crippen LogP contribution in [0.15, 0.2) is 47.9 Å². The maximum Gasteiger partial charge on any atom is 0.245 e. The average molecular weight is 282 g/mol. The fourth-order valence-corrected chi connectivity index (χ4v) is 2.44. The Bertz CT molecular complexity index is 776. The highest BCUT2D eigenvalue weighted by Gasteiger charge is 2.14. The van der Waals surface area contributed by atoms with Crippen LogP contribution in [0.4, 0.5) is 0 Å². The predicted molar refractivity (Wildman–Crippen MR) is 76.5 cm³/mol. The molecule has 0 aliphatic heterocycles. The van der Waals surface area contributed by atoms with Gasteiger partial charge >= 0.3 is 0 Å². The van der Waals surface area contributed by atoms with Gasteiger partial charge in [-0.2, -0.15) is 0 Å². The number of nitrogens with zero attached hydrogens (tertiary/aromatic N) is 4. The minimum absolute atomic E-state index is 0.189. The summed E-state index contributed by atoms with van der Waals surface area (Å²) in [7, 11) is 0. The van der Waals surface area contributed by atoms with E-state index in [1.165, 1.54) is 18.6 Å². The van der Waals surface area contributed by atoms with Crippen LogP contribution in [0.2, 0.25) is 0 Å². The second-order valence-corrected chi connectivity index (χ2v) is 5.04. The van der Waals surface area contributed by atoms with Crippen molar-refractivity contribution in [2.24, 2.45) is 0 Å². The van der Waals surface area contributed by atoms with Gasteiger partial charge in [0.2, 0.25) is 5.12 Å². The second-order valence-electron chi connectivity index (χ2n) is 4.08. The Morgan fingerprint density at radius 3 is 2.55 bits per heavy atom. The van der Waals surface area contributed by atoms with E-state index >= 15 is 0 Å². The summed E-state index contributed by atoms with van der Waals surface area (Å²) in [6.07, 6.45) is 4.47. The van der Waals surface area contributed by atoms with Crippen LogP contribution in [0.5, 0.6) is 0 Å². The number of hydrogen-bond acceptors (Lipinski definition) is 6. The Labute approximate surface area is 119 Å². The smallest absolute Gasteiger partial charge is 0.245 e. The summed E-state index contributed by atoms with van der Waals surface area (Å²) in [5, 5.41) is 0.408. The summed E-state index contributed by atoms with van der Waals surface area (Å²) in [5.41, 5.74) is 2.63. The van der Waals surface area contributed by atoms with E-state index in [-0.39, 0.29) is 5.12 Å². The van der Waals surface area contributed by atoms with Crippen LogP contribution in [-0.4, -0.2) is 25.1 Å². The van der Waals surface area contributed by atoms with Crippen LogP contribution >= 0.6 is 11.8 Å². The Morgan fingerprint density at radius 1 is 1.10 bits per heavy atom. The summed E-state index contributed by atoms with van der Waals surface area (Å²) in [6.45, 7) is 1.84. The highest BCUT2D eigenvalue weighted by molar-refractivity contribution is 8.14. The van der Waals surface area contributed by atoms with Gasteiger partial charge in [0.05, 0.1) is 22.9 Å². The number of carbonyl (C=O) groups excluding carboxylic acids is 1. The normalized spacial score (nSPS) is 10.7. The fourth-order valence-electron chi connectivity index (χ4n) is 1.71. The van der Waals surface area contributed by atoms with Crippen molar-refractivity contribution in [1.82, 2.24) is 19.9 Å². The lowest BCUT2D eigenvalue weighted by molar-refractivity contribution is 0.108. The lowest BCUT2D eigenvalue weighted by atomic mass is 10.3. The van der Waals surface area contributed by atoms with Crippen molar-refractivity contribution in [1.29, 1.82) is 0 Å². The van der Waals surface area contributed by atoms with Crippen molar-refractivity contribution in [2.75, 3.05) is 0 Å². The number of aryl methyl sites for hydroxylation is 1. The molecule has 0 aliphatic carbocycles. The van der Waals surface area contributed by atoms with Gasteiger partial charge in [0.1, 0.15) is 10.7 Å². The molecule has 0 N–H and O–H groups in total. The molecule has 98 valence electrons. The number of thioether (sulfide) groups is 1. The van der Waals surface area contributed by atoms with E-state index in [9.17, 15) is 4.79 Å². The SMILES string of the molecule is Cc1nc2ccccc2nc1SC(=O)c1cnccn1. The number of fused-ring (bicyclic) bond motifs is 1. The number of aromatic nitrogens is 4. The van der Waals surface area contributed by atoms with Gasteiger partial charge in [0.15, 0.2) is 0 Å². The number of hydrogen-bond donors (Lipinski definition) is 0. The van der Waals surface area contributed by atoms with Crippen LogP contribution in [-0.2, 0) is 0 Å². The summed E-state index contributed by atoms with van der Waals surface area (Å²) >= 11 is 1.02. The molecule has 0 spiro atoms. The minimum atomic E-state index is -0.189. The lowest BCUT2D eigenvalue weighted by Gasteiger charge is -2.04. The molecule has 0 saturated carbocycles. The number of carbonyl (C=O) groups is 1. The van der Waals surface area contributed by atoms with Gasteiger partial charge in [-0.15, -0.1) is 0 Å². The van der Waals surface area contributed by atoms with E-state index in [0.717, 1.165) is 28.5 Å². The Hall–Kier alpha value is -2.34. The quantitative estimate of drug-likeness (QED) is 0.673. The Morgan fingerprint density at radius 2 is 1.85 bits per heavy atom. The molecule has 3 aromatic rings. The maximum absolute atomic E-state index is 12.1. The Balaban J connectivity index is 1.95. The first-order valence-corrected chi connectivity index (χ1v) is 6.77. The fraction of sp³-hybridized carbons (Fsp3) is 0.0714. The molecule has 5 nitrogen and oxygen atoms in total. The minimum Gasteiger partial charge on any atom is -0.279 e. The highest BCUT2D eigenvalue weighted by atomic mass is 32.2. The number of para-hydroxylation sites is 2. The summed E-state index contributed by atoms with van der Waals surface area (Å²) in [6, 6.07) is 7.58. The first-order chi connectivity index (χ1) is 9.74. The maximum atomic E-state index is 12.1. The molecule has 20 heavy (non-hydrogen) atoms. The molecular formula is C14H10N4OS. The molecule has 2 heterocycles. The van der Waals surface area contributed by atoms with Gasteiger partial charge in [0, 0.05) is 12.4 Å². The molecule has 0 radical (unpaired) electrons. The summed E-state index contributed by atoms with van der Waals surface area (Å²) < 4.78 is 0. The standard InChI is InChI=1S/C14H10N4OS/c1-9-13(18-11-5-3-2-4-10(11)17-9)20-14(19)12-8-15-6-7-16-12/h2-8H,1H3. The molecule has 0 atom stereocenters. The van der Waals surface area contributed by atoms with Gasteiger partial charge < -0.3 is 0 Å². The van der Waals surface area contributed by atoms with E-state index in [1.807, 2.05) is 31.2 Å². The molecule has 0 fully saturated rings. The van der Waals surface area contributed by atoms with E-state index in [2.05, 4.69) is 19.9 Å². The first kappa shape index (κ1) is 12.7. The molecule has 2 aromatic heterocycles. The van der Waals surface area contributed by atoms with Gasteiger partial charge in [-0.05, 0) is 30.8 Å². The van der Waals surface area contributed by atoms with Crippen LogP contribution in [0.1, 0.15) is 16.2 Å². The highest BCUT2D eigenvalue weighted by Crippen LogP contribution is 2.24. The van der Waals surface area contributed by atoms with Crippen LogP contribution in [0.3, 0.4) is 0 Å². The van der Waals surface area contributed by atoms with E-state index in [1.54, 1.807) is 0 Å². The van der Waals surface area contributed by atoms with E-state index in [0.29, 0.717) is 10.7 Å². The summed E-state index contributed by atoms with van der Waals surface area (Å²) in [5.74, 6) is 0. The molecular weight excluding hydrogens is 272 g/mol. The molecule has 0 aliphatic rings. The van der Waals surface area contributed by atoms with Crippen molar-refractivity contribution in [3.63, 3.8) is 0 Å². The zero-order valence-corrected chi connectivity index (χ0v) is 11.5. The number of benzene rings is 1. The van der Waals surface area contributed by atoms with Crippen molar-refractivity contribution >= 4 is 27.9 Å². The summed E-state index contributed by atoms with van der Waals surface area (Å²) in [4.78, 5) is 28.9. The van der Waals surface area contributed by atoms with Gasteiger partial charge in [-0.1, -0.05) is 12.1 Å². The molecule has 0 saturated heterocycles. The first-order valence-electron chi connectivity index (χ1n) is 5.95. The molecule has 6 heteroatoms. The molecule has 0 bridgehead atoms.